The second-order valence-corrected chi connectivity index (χ2v) is 5.44. The molecular weight excluding hydrogens is 210 g/mol. The third kappa shape index (κ3) is 2.63. The number of fused-ring (bicyclic) bond motifs is 1. The van der Waals surface area contributed by atoms with E-state index in [1.807, 2.05) is 13.1 Å². The summed E-state index contributed by atoms with van der Waals surface area (Å²) >= 11 is 0. The molecule has 0 aromatic heterocycles. The number of ether oxygens (including phenoxy) is 1. The fourth-order valence-electron chi connectivity index (χ4n) is 2.76. The smallest absolute Gasteiger partial charge is 0.122 e. The standard InChI is InChI=1S/C15H23NO/c1-4-15(2,11-16-3)9-12-10-17-14-8-6-5-7-13(12)14/h5-8,12,16H,4,9-11H2,1-3H3. The molecule has 1 aromatic carbocycles. The molecule has 0 amide bonds. The normalized spacial score (nSPS) is 21.7. The van der Waals surface area contributed by atoms with Crippen LogP contribution in [0.4, 0.5) is 0 Å². The van der Waals surface area contributed by atoms with E-state index in [0.717, 1.165) is 18.9 Å². The Morgan fingerprint density at radius 3 is 2.88 bits per heavy atom. The van der Waals surface area contributed by atoms with Gasteiger partial charge in [0.1, 0.15) is 5.75 Å². The van der Waals surface area contributed by atoms with Gasteiger partial charge in [0.05, 0.1) is 6.61 Å². The van der Waals surface area contributed by atoms with Crippen LogP contribution in [-0.4, -0.2) is 20.2 Å². The molecule has 2 unspecified atom stereocenters. The lowest BCUT2D eigenvalue weighted by Crippen LogP contribution is -2.31. The molecule has 2 rings (SSSR count). The highest BCUT2D eigenvalue weighted by Gasteiger charge is 2.31. The zero-order valence-electron chi connectivity index (χ0n) is 11.1. The SMILES string of the molecule is CCC(C)(CNC)CC1COc2ccccc21. The maximum absolute atomic E-state index is 5.76. The Kier molecular flexibility index (Phi) is 3.72. The lowest BCUT2D eigenvalue weighted by molar-refractivity contribution is 0.228. The first-order valence-corrected chi connectivity index (χ1v) is 6.55. The molecule has 0 fully saturated rings. The molecule has 94 valence electrons. The van der Waals surface area contributed by atoms with Crippen molar-refractivity contribution >= 4 is 0 Å². The lowest BCUT2D eigenvalue weighted by Gasteiger charge is -2.30. The van der Waals surface area contributed by atoms with Crippen LogP contribution in [-0.2, 0) is 0 Å². The molecule has 0 radical (unpaired) electrons. The van der Waals surface area contributed by atoms with Crippen molar-refractivity contribution in [2.24, 2.45) is 5.41 Å². The van der Waals surface area contributed by atoms with E-state index in [9.17, 15) is 0 Å². The van der Waals surface area contributed by atoms with Crippen molar-refractivity contribution in [3.05, 3.63) is 29.8 Å². The van der Waals surface area contributed by atoms with E-state index in [-0.39, 0.29) is 0 Å². The summed E-state index contributed by atoms with van der Waals surface area (Å²) in [5.74, 6) is 1.64. The van der Waals surface area contributed by atoms with E-state index in [2.05, 4.69) is 37.4 Å². The number of nitrogens with one attached hydrogen (secondary N) is 1. The van der Waals surface area contributed by atoms with Gasteiger partial charge in [-0.15, -0.1) is 0 Å². The highest BCUT2D eigenvalue weighted by molar-refractivity contribution is 5.39. The van der Waals surface area contributed by atoms with Crippen molar-refractivity contribution in [3.63, 3.8) is 0 Å². The third-order valence-corrected chi connectivity index (χ3v) is 4.00. The molecule has 2 atom stereocenters. The van der Waals surface area contributed by atoms with Crippen LogP contribution in [0.1, 0.15) is 38.2 Å². The maximum Gasteiger partial charge on any atom is 0.122 e. The summed E-state index contributed by atoms with van der Waals surface area (Å²) in [6.07, 6.45) is 2.40. The van der Waals surface area contributed by atoms with Crippen molar-refractivity contribution in [1.29, 1.82) is 0 Å². The highest BCUT2D eigenvalue weighted by atomic mass is 16.5. The van der Waals surface area contributed by atoms with Gasteiger partial charge in [-0.1, -0.05) is 32.0 Å². The summed E-state index contributed by atoms with van der Waals surface area (Å²) in [5.41, 5.74) is 1.75. The van der Waals surface area contributed by atoms with Crippen molar-refractivity contribution in [2.45, 2.75) is 32.6 Å². The maximum atomic E-state index is 5.76. The number of benzene rings is 1. The predicted octanol–water partition coefficient (Wildman–Crippen LogP) is 3.19. The molecular formula is C15H23NO. The first-order chi connectivity index (χ1) is 8.18. The molecule has 17 heavy (non-hydrogen) atoms. The zero-order chi connectivity index (χ0) is 12.3. The summed E-state index contributed by atoms with van der Waals surface area (Å²) < 4.78 is 5.76. The Morgan fingerprint density at radius 2 is 2.18 bits per heavy atom. The Labute approximate surface area is 104 Å². The number of rotatable bonds is 5. The molecule has 1 N–H and O–H groups in total. The first-order valence-electron chi connectivity index (χ1n) is 6.55. The van der Waals surface area contributed by atoms with Gasteiger partial charge in [0, 0.05) is 18.0 Å². The van der Waals surface area contributed by atoms with Crippen LogP contribution in [0.25, 0.3) is 0 Å². The monoisotopic (exact) mass is 233 g/mol. The minimum absolute atomic E-state index is 0.361. The van der Waals surface area contributed by atoms with Crippen LogP contribution in [0, 0.1) is 5.41 Å². The van der Waals surface area contributed by atoms with Gasteiger partial charge in [-0.25, -0.2) is 0 Å². The highest BCUT2D eigenvalue weighted by Crippen LogP contribution is 2.41. The number of hydrogen-bond acceptors (Lipinski definition) is 2. The van der Waals surface area contributed by atoms with E-state index in [4.69, 9.17) is 4.74 Å². The van der Waals surface area contributed by atoms with Crippen LogP contribution >= 0.6 is 0 Å². The Bertz CT molecular complexity index is 377. The predicted molar refractivity (Wildman–Crippen MR) is 71.6 cm³/mol. The minimum Gasteiger partial charge on any atom is -0.493 e. The second kappa shape index (κ2) is 5.09. The van der Waals surface area contributed by atoms with Crippen LogP contribution in [0.5, 0.6) is 5.75 Å². The summed E-state index contributed by atoms with van der Waals surface area (Å²) in [4.78, 5) is 0. The molecule has 1 aromatic rings. The van der Waals surface area contributed by atoms with Crippen LogP contribution in [0.3, 0.4) is 0 Å². The van der Waals surface area contributed by atoms with E-state index in [0.29, 0.717) is 11.3 Å². The summed E-state index contributed by atoms with van der Waals surface area (Å²) in [6.45, 7) is 6.56. The van der Waals surface area contributed by atoms with Crippen LogP contribution in [0.2, 0.25) is 0 Å². The molecule has 0 bridgehead atoms. The van der Waals surface area contributed by atoms with Gasteiger partial charge in [0.25, 0.3) is 0 Å². The number of hydrogen-bond donors (Lipinski definition) is 1. The lowest BCUT2D eigenvalue weighted by atomic mass is 9.77. The molecule has 0 saturated carbocycles. The van der Waals surface area contributed by atoms with Crippen molar-refractivity contribution < 1.29 is 4.74 Å². The average Bonchev–Trinajstić information content (AvgIpc) is 2.73. The Morgan fingerprint density at radius 1 is 1.41 bits per heavy atom. The molecule has 0 spiro atoms. The molecule has 0 aliphatic carbocycles. The average molecular weight is 233 g/mol. The first kappa shape index (κ1) is 12.4. The summed E-state index contributed by atoms with van der Waals surface area (Å²) in [6, 6.07) is 8.45. The van der Waals surface area contributed by atoms with Gasteiger partial charge in [0.2, 0.25) is 0 Å². The quantitative estimate of drug-likeness (QED) is 0.843. The van der Waals surface area contributed by atoms with E-state index in [1.165, 1.54) is 18.4 Å². The fraction of sp³-hybridized carbons (Fsp3) is 0.600. The zero-order valence-corrected chi connectivity index (χ0v) is 11.1. The molecule has 2 heteroatoms. The van der Waals surface area contributed by atoms with Gasteiger partial charge in [-0.2, -0.15) is 0 Å². The molecule has 1 aliphatic rings. The summed E-state index contributed by atoms with van der Waals surface area (Å²) in [7, 11) is 2.03. The molecule has 0 saturated heterocycles. The van der Waals surface area contributed by atoms with Crippen LogP contribution < -0.4 is 10.1 Å². The minimum atomic E-state index is 0.361. The molecule has 1 heterocycles. The second-order valence-electron chi connectivity index (χ2n) is 5.44. The Hall–Kier alpha value is -1.02. The van der Waals surface area contributed by atoms with Gasteiger partial charge < -0.3 is 10.1 Å². The van der Waals surface area contributed by atoms with E-state index < -0.39 is 0 Å². The van der Waals surface area contributed by atoms with Crippen molar-refractivity contribution in [3.8, 4) is 5.75 Å². The van der Waals surface area contributed by atoms with Gasteiger partial charge >= 0.3 is 0 Å². The van der Waals surface area contributed by atoms with Crippen molar-refractivity contribution in [1.82, 2.24) is 5.32 Å². The number of para-hydroxylation sites is 1. The topological polar surface area (TPSA) is 21.3 Å². The van der Waals surface area contributed by atoms with Crippen LogP contribution in [0.15, 0.2) is 24.3 Å². The van der Waals surface area contributed by atoms with Gasteiger partial charge in [-0.05, 0) is 31.4 Å². The van der Waals surface area contributed by atoms with Gasteiger partial charge in [-0.3, -0.25) is 0 Å². The summed E-state index contributed by atoms with van der Waals surface area (Å²) in [5, 5.41) is 3.32. The van der Waals surface area contributed by atoms with Crippen molar-refractivity contribution in [2.75, 3.05) is 20.2 Å². The Balaban J connectivity index is 2.10. The third-order valence-electron chi connectivity index (χ3n) is 4.00. The van der Waals surface area contributed by atoms with Gasteiger partial charge in [0.15, 0.2) is 0 Å². The molecule has 1 aliphatic heterocycles. The molecule has 2 nitrogen and oxygen atoms in total. The van der Waals surface area contributed by atoms with E-state index in [1.54, 1.807) is 0 Å². The van der Waals surface area contributed by atoms with E-state index >= 15 is 0 Å². The fourth-order valence-corrected chi connectivity index (χ4v) is 2.76. The largest absolute Gasteiger partial charge is 0.493 e.